The van der Waals surface area contributed by atoms with E-state index in [-0.39, 0.29) is 0 Å². The molecule has 0 amide bonds. The van der Waals surface area contributed by atoms with Gasteiger partial charge in [0.1, 0.15) is 18.3 Å². The number of hydrogen-bond donors (Lipinski definition) is 4. The number of nitrogens with zero attached hydrogens (tertiary/aromatic N) is 2. The molecule has 1 aliphatic heterocycles. The Morgan fingerprint density at radius 3 is 2.66 bits per heavy atom. The average Bonchev–Trinajstić information content (AvgIpc) is 3.20. The molecule has 1 saturated heterocycles. The van der Waals surface area contributed by atoms with Crippen LogP contribution in [0.4, 0.5) is 0 Å². The molecule has 1 fully saturated rings. The summed E-state index contributed by atoms with van der Waals surface area (Å²) in [4.78, 5) is 0. The van der Waals surface area contributed by atoms with E-state index in [9.17, 15) is 20.4 Å². The monoisotopic (exact) mass is 416 g/mol. The molecule has 0 aliphatic carbocycles. The largest absolute Gasteiger partial charge is 0.394 e. The standard InChI is InChI=1S/C21H21ClN2O5/c1-2-3-10-21(28)18(29-17(13-25)19(26)20(21)27)9-4-14-11-23-24(12-14)16-7-5-15(22)6-8-16/h5-8,11-12,17-20,25-28H,2,13H2,1H3/t17-,18-,19-,20+,21-/m1/s1. The second-order valence-electron chi connectivity index (χ2n) is 6.57. The number of halogens is 1. The van der Waals surface area contributed by atoms with E-state index in [2.05, 4.69) is 28.8 Å². The number of ether oxygens (including phenoxy) is 1. The fourth-order valence-corrected chi connectivity index (χ4v) is 3.04. The molecular weight excluding hydrogens is 396 g/mol. The molecule has 1 aromatic carbocycles. The third kappa shape index (κ3) is 4.47. The van der Waals surface area contributed by atoms with Gasteiger partial charge in [0.25, 0.3) is 0 Å². The van der Waals surface area contributed by atoms with Crippen LogP contribution in [0, 0.1) is 23.7 Å². The van der Waals surface area contributed by atoms with Crippen molar-refractivity contribution in [1.82, 2.24) is 9.78 Å². The smallest absolute Gasteiger partial charge is 0.191 e. The van der Waals surface area contributed by atoms with Crippen molar-refractivity contribution in [3.8, 4) is 29.4 Å². The zero-order valence-electron chi connectivity index (χ0n) is 15.7. The van der Waals surface area contributed by atoms with Crippen LogP contribution >= 0.6 is 11.6 Å². The predicted octanol–water partition coefficient (Wildman–Crippen LogP) is 0.503. The highest BCUT2D eigenvalue weighted by Gasteiger charge is 2.53. The first-order chi connectivity index (χ1) is 13.9. The molecule has 0 unspecified atom stereocenters. The van der Waals surface area contributed by atoms with E-state index in [4.69, 9.17) is 16.3 Å². The second-order valence-corrected chi connectivity index (χ2v) is 7.01. The van der Waals surface area contributed by atoms with Crippen LogP contribution in [0.1, 0.15) is 18.9 Å². The Morgan fingerprint density at radius 1 is 1.28 bits per heavy atom. The highest BCUT2D eigenvalue weighted by Crippen LogP contribution is 2.29. The third-order valence-electron chi connectivity index (χ3n) is 4.53. The summed E-state index contributed by atoms with van der Waals surface area (Å²) in [5.74, 6) is 10.8. The van der Waals surface area contributed by atoms with Gasteiger partial charge in [0.2, 0.25) is 0 Å². The fourth-order valence-electron chi connectivity index (χ4n) is 2.91. The lowest BCUT2D eigenvalue weighted by atomic mass is 9.82. The first-order valence-electron chi connectivity index (χ1n) is 9.06. The van der Waals surface area contributed by atoms with Crippen LogP contribution in [0.2, 0.25) is 5.02 Å². The molecule has 4 N–H and O–H groups in total. The summed E-state index contributed by atoms with van der Waals surface area (Å²) in [6, 6.07) is 7.10. The van der Waals surface area contributed by atoms with Gasteiger partial charge in [-0.1, -0.05) is 36.3 Å². The summed E-state index contributed by atoms with van der Waals surface area (Å²) in [6.45, 7) is 1.24. The van der Waals surface area contributed by atoms with Gasteiger partial charge in [0.15, 0.2) is 11.7 Å². The van der Waals surface area contributed by atoms with Crippen LogP contribution in [0.25, 0.3) is 5.69 Å². The van der Waals surface area contributed by atoms with Crippen LogP contribution in [-0.4, -0.2) is 66.8 Å². The van der Waals surface area contributed by atoms with Gasteiger partial charge in [-0.2, -0.15) is 5.10 Å². The van der Waals surface area contributed by atoms with Gasteiger partial charge < -0.3 is 25.2 Å². The van der Waals surface area contributed by atoms with Gasteiger partial charge in [0.05, 0.1) is 24.1 Å². The van der Waals surface area contributed by atoms with Crippen molar-refractivity contribution in [2.75, 3.05) is 6.61 Å². The zero-order valence-corrected chi connectivity index (χ0v) is 16.4. The number of aliphatic hydroxyl groups excluding tert-OH is 3. The Hall–Kier alpha value is -2.36. The van der Waals surface area contributed by atoms with Gasteiger partial charge in [0, 0.05) is 17.6 Å². The number of rotatable bonds is 2. The number of aromatic nitrogens is 2. The maximum absolute atomic E-state index is 10.9. The Labute approximate surface area is 173 Å². The topological polar surface area (TPSA) is 108 Å². The molecule has 1 aromatic heterocycles. The quantitative estimate of drug-likeness (QED) is 0.531. The molecular formula is C21H21ClN2O5. The summed E-state index contributed by atoms with van der Waals surface area (Å²) in [5, 5.41) is 45.6. The van der Waals surface area contributed by atoms with Gasteiger partial charge >= 0.3 is 0 Å². The molecule has 5 atom stereocenters. The Balaban J connectivity index is 1.89. The van der Waals surface area contributed by atoms with E-state index in [0.29, 0.717) is 17.0 Å². The van der Waals surface area contributed by atoms with Crippen molar-refractivity contribution < 1.29 is 25.2 Å². The molecule has 8 heteroatoms. The summed E-state index contributed by atoms with van der Waals surface area (Å²) in [7, 11) is 0. The average molecular weight is 417 g/mol. The lowest BCUT2D eigenvalue weighted by Gasteiger charge is -2.43. The van der Waals surface area contributed by atoms with E-state index in [1.54, 1.807) is 42.1 Å². The fraction of sp³-hybridized carbons (Fsp3) is 0.381. The van der Waals surface area contributed by atoms with Gasteiger partial charge in [-0.15, -0.1) is 5.92 Å². The van der Waals surface area contributed by atoms with Gasteiger partial charge in [-0.05, 0) is 24.3 Å². The first-order valence-corrected chi connectivity index (χ1v) is 9.43. The number of aliphatic hydroxyl groups is 4. The summed E-state index contributed by atoms with van der Waals surface area (Å²) < 4.78 is 7.14. The first kappa shape index (κ1) is 21.4. The maximum Gasteiger partial charge on any atom is 0.191 e. The van der Waals surface area contributed by atoms with Gasteiger partial charge in [-0.25, -0.2) is 4.68 Å². The molecule has 0 spiro atoms. The number of hydrogen-bond acceptors (Lipinski definition) is 6. The minimum absolute atomic E-state index is 0.433. The summed E-state index contributed by atoms with van der Waals surface area (Å²) in [6.07, 6.45) is -1.82. The van der Waals surface area contributed by atoms with Crippen LogP contribution in [0.5, 0.6) is 0 Å². The second kappa shape index (κ2) is 8.98. The van der Waals surface area contributed by atoms with Crippen molar-refractivity contribution in [2.24, 2.45) is 0 Å². The summed E-state index contributed by atoms with van der Waals surface area (Å²) >= 11 is 5.89. The van der Waals surface area contributed by atoms with Gasteiger partial charge in [-0.3, -0.25) is 0 Å². The minimum atomic E-state index is -2.10. The van der Waals surface area contributed by atoms with E-state index < -0.39 is 36.6 Å². The highest BCUT2D eigenvalue weighted by atomic mass is 35.5. The van der Waals surface area contributed by atoms with Crippen molar-refractivity contribution in [3.63, 3.8) is 0 Å². The van der Waals surface area contributed by atoms with Crippen LogP contribution in [0.3, 0.4) is 0 Å². The van der Waals surface area contributed by atoms with Crippen LogP contribution in [-0.2, 0) is 4.74 Å². The SMILES string of the molecule is CCC#C[C@@]1(O)[C@@H](C#Cc2cnn(-c3ccc(Cl)cc3)c2)O[C@H](CO)[C@@H](O)[C@@H]1O. The highest BCUT2D eigenvalue weighted by molar-refractivity contribution is 6.30. The molecule has 1 aliphatic rings. The van der Waals surface area contributed by atoms with Crippen molar-refractivity contribution in [1.29, 1.82) is 0 Å². The Kier molecular flexibility index (Phi) is 6.61. The minimum Gasteiger partial charge on any atom is -0.394 e. The third-order valence-corrected chi connectivity index (χ3v) is 4.78. The predicted molar refractivity (Wildman–Crippen MR) is 106 cm³/mol. The van der Waals surface area contributed by atoms with E-state index in [0.717, 1.165) is 5.69 Å². The van der Waals surface area contributed by atoms with E-state index >= 15 is 0 Å². The lowest BCUT2D eigenvalue weighted by Crippen LogP contribution is -2.65. The Bertz CT molecular complexity index is 969. The molecule has 0 radical (unpaired) electrons. The molecule has 152 valence electrons. The Morgan fingerprint density at radius 2 is 2.00 bits per heavy atom. The normalized spacial score (nSPS) is 28.8. The molecule has 0 saturated carbocycles. The molecule has 0 bridgehead atoms. The van der Waals surface area contributed by atoms with E-state index in [1.807, 2.05) is 0 Å². The number of benzene rings is 1. The van der Waals surface area contributed by atoms with Crippen molar-refractivity contribution >= 4 is 11.6 Å². The van der Waals surface area contributed by atoms with Crippen molar-refractivity contribution in [2.45, 2.75) is 43.4 Å². The van der Waals surface area contributed by atoms with Crippen molar-refractivity contribution in [3.05, 3.63) is 47.2 Å². The van der Waals surface area contributed by atoms with E-state index in [1.165, 1.54) is 6.20 Å². The van der Waals surface area contributed by atoms with Crippen LogP contribution in [0.15, 0.2) is 36.7 Å². The summed E-state index contributed by atoms with van der Waals surface area (Å²) in [5.41, 5.74) is -0.767. The molecule has 29 heavy (non-hydrogen) atoms. The lowest BCUT2D eigenvalue weighted by molar-refractivity contribution is -0.239. The maximum atomic E-state index is 10.9. The molecule has 2 aromatic rings. The molecule has 3 rings (SSSR count). The van der Waals surface area contributed by atoms with Crippen LogP contribution < -0.4 is 0 Å². The molecule has 2 heterocycles. The zero-order chi connectivity index (χ0) is 21.0. The molecule has 7 nitrogen and oxygen atoms in total.